The van der Waals surface area contributed by atoms with Crippen molar-refractivity contribution in [1.29, 1.82) is 0 Å². The molecule has 68 valence electrons. The second-order valence-corrected chi connectivity index (χ2v) is 4.20. The molecule has 0 saturated heterocycles. The fourth-order valence-corrected chi connectivity index (χ4v) is 2.76. The van der Waals surface area contributed by atoms with Crippen LogP contribution < -0.4 is 5.73 Å². The van der Waals surface area contributed by atoms with Crippen molar-refractivity contribution in [2.75, 3.05) is 6.54 Å². The molecular weight excluding hydrogens is 202 g/mol. The molecule has 2 aromatic rings. The van der Waals surface area contributed by atoms with E-state index < -0.39 is 0 Å². The van der Waals surface area contributed by atoms with Crippen molar-refractivity contribution < 1.29 is 0 Å². The Bertz CT molecular complexity index is 422. The number of thiophene rings is 1. The normalized spacial score (nSPS) is 10.9. The number of rotatable bonds is 2. The molecule has 1 aromatic carbocycles. The van der Waals surface area contributed by atoms with Gasteiger partial charge in [-0.2, -0.15) is 0 Å². The Kier molecular flexibility index (Phi) is 2.54. The Morgan fingerprint density at radius 2 is 2.23 bits per heavy atom. The zero-order valence-electron chi connectivity index (χ0n) is 7.09. The first kappa shape index (κ1) is 9.00. The summed E-state index contributed by atoms with van der Waals surface area (Å²) >= 11 is 7.72. The van der Waals surface area contributed by atoms with Gasteiger partial charge in [-0.25, -0.2) is 0 Å². The summed E-state index contributed by atoms with van der Waals surface area (Å²) in [4.78, 5) is 0. The van der Waals surface area contributed by atoms with Crippen molar-refractivity contribution in [2.24, 2.45) is 5.73 Å². The molecule has 1 heterocycles. The first-order valence-electron chi connectivity index (χ1n) is 4.17. The van der Waals surface area contributed by atoms with Gasteiger partial charge in [0.15, 0.2) is 0 Å². The van der Waals surface area contributed by atoms with Crippen LogP contribution in [-0.2, 0) is 6.42 Å². The highest BCUT2D eigenvalue weighted by molar-refractivity contribution is 7.18. The smallest absolute Gasteiger partial charge is 0.0591 e. The summed E-state index contributed by atoms with van der Waals surface area (Å²) in [6, 6.07) is 6.20. The highest BCUT2D eigenvalue weighted by Crippen LogP contribution is 2.32. The molecule has 3 heteroatoms. The van der Waals surface area contributed by atoms with Crippen LogP contribution in [0.5, 0.6) is 0 Å². The maximum absolute atomic E-state index is 6.02. The van der Waals surface area contributed by atoms with E-state index in [1.165, 1.54) is 10.3 Å². The molecule has 0 aliphatic carbocycles. The second kappa shape index (κ2) is 3.66. The minimum absolute atomic E-state index is 0.689. The fraction of sp³-hybridized carbons (Fsp3) is 0.200. The molecule has 1 nitrogen and oxygen atoms in total. The summed E-state index contributed by atoms with van der Waals surface area (Å²) in [5.74, 6) is 0. The number of halogens is 1. The summed E-state index contributed by atoms with van der Waals surface area (Å²) in [5.41, 5.74) is 6.83. The van der Waals surface area contributed by atoms with Crippen LogP contribution in [0.4, 0.5) is 0 Å². The first-order chi connectivity index (χ1) is 6.33. The number of hydrogen-bond donors (Lipinski definition) is 1. The molecule has 0 aliphatic rings. The van der Waals surface area contributed by atoms with E-state index in [0.29, 0.717) is 6.54 Å². The molecule has 2 N–H and O–H groups in total. The van der Waals surface area contributed by atoms with Crippen molar-refractivity contribution in [1.82, 2.24) is 0 Å². The van der Waals surface area contributed by atoms with Gasteiger partial charge < -0.3 is 5.73 Å². The van der Waals surface area contributed by atoms with Crippen LogP contribution in [0, 0.1) is 0 Å². The van der Waals surface area contributed by atoms with Gasteiger partial charge in [0.25, 0.3) is 0 Å². The molecule has 1 aromatic heterocycles. The molecular formula is C10H10ClNS. The van der Waals surface area contributed by atoms with E-state index in [-0.39, 0.29) is 0 Å². The first-order valence-corrected chi connectivity index (χ1v) is 5.43. The summed E-state index contributed by atoms with van der Waals surface area (Å²) in [6.45, 7) is 0.689. The second-order valence-electron chi connectivity index (χ2n) is 2.92. The van der Waals surface area contributed by atoms with Gasteiger partial charge in [-0.3, -0.25) is 0 Å². The average molecular weight is 212 g/mol. The highest BCUT2D eigenvalue weighted by Gasteiger charge is 2.04. The van der Waals surface area contributed by atoms with E-state index in [2.05, 4.69) is 6.07 Å². The van der Waals surface area contributed by atoms with Crippen LogP contribution in [0.1, 0.15) is 5.56 Å². The Labute approximate surface area is 86.1 Å². The van der Waals surface area contributed by atoms with Gasteiger partial charge in [-0.15, -0.1) is 11.3 Å². The highest BCUT2D eigenvalue weighted by atomic mass is 35.5. The largest absolute Gasteiger partial charge is 0.330 e. The van der Waals surface area contributed by atoms with E-state index >= 15 is 0 Å². The third-order valence-corrected chi connectivity index (χ3v) is 3.56. The standard InChI is InChI=1S/C10H10ClNS/c11-9-6-13-10-7(4-5-12)2-1-3-8(9)10/h1-3,6H,4-5,12H2. The minimum atomic E-state index is 0.689. The fourth-order valence-electron chi connectivity index (χ4n) is 1.44. The molecule has 0 spiro atoms. The molecule has 0 aliphatic heterocycles. The van der Waals surface area contributed by atoms with Crippen molar-refractivity contribution in [2.45, 2.75) is 6.42 Å². The number of benzene rings is 1. The summed E-state index contributed by atoms with van der Waals surface area (Å²) in [5, 5.41) is 3.98. The third-order valence-electron chi connectivity index (χ3n) is 2.05. The van der Waals surface area contributed by atoms with E-state index in [0.717, 1.165) is 16.8 Å². The quantitative estimate of drug-likeness (QED) is 0.812. The van der Waals surface area contributed by atoms with E-state index in [1.807, 2.05) is 17.5 Å². The monoisotopic (exact) mass is 211 g/mol. The maximum Gasteiger partial charge on any atom is 0.0591 e. The topological polar surface area (TPSA) is 26.0 Å². The molecule has 13 heavy (non-hydrogen) atoms. The maximum atomic E-state index is 6.02. The lowest BCUT2D eigenvalue weighted by molar-refractivity contribution is 0.979. The van der Waals surface area contributed by atoms with Gasteiger partial charge in [0.1, 0.15) is 0 Å². The zero-order chi connectivity index (χ0) is 9.26. The molecule has 0 amide bonds. The lowest BCUT2D eigenvalue weighted by Crippen LogP contribution is -2.02. The van der Waals surface area contributed by atoms with Crippen LogP contribution >= 0.6 is 22.9 Å². The van der Waals surface area contributed by atoms with Gasteiger partial charge in [-0.1, -0.05) is 29.8 Å². The molecule has 0 unspecified atom stereocenters. The molecule has 0 fully saturated rings. The number of fused-ring (bicyclic) bond motifs is 1. The Balaban J connectivity index is 2.63. The number of nitrogens with two attached hydrogens (primary N) is 1. The summed E-state index contributed by atoms with van der Waals surface area (Å²) < 4.78 is 1.28. The van der Waals surface area contributed by atoms with E-state index in [9.17, 15) is 0 Å². The Morgan fingerprint density at radius 3 is 3.00 bits per heavy atom. The van der Waals surface area contributed by atoms with Crippen LogP contribution in [0.15, 0.2) is 23.6 Å². The van der Waals surface area contributed by atoms with Crippen LogP contribution in [-0.4, -0.2) is 6.54 Å². The van der Waals surface area contributed by atoms with Crippen molar-refractivity contribution in [3.05, 3.63) is 34.2 Å². The van der Waals surface area contributed by atoms with E-state index in [4.69, 9.17) is 17.3 Å². The van der Waals surface area contributed by atoms with E-state index in [1.54, 1.807) is 11.3 Å². The lowest BCUT2D eigenvalue weighted by atomic mass is 10.1. The SMILES string of the molecule is NCCc1cccc2c(Cl)csc12. The van der Waals surface area contributed by atoms with Gasteiger partial charge in [0.05, 0.1) is 5.02 Å². The molecule has 0 atom stereocenters. The van der Waals surface area contributed by atoms with Crippen LogP contribution in [0.2, 0.25) is 5.02 Å². The van der Waals surface area contributed by atoms with Gasteiger partial charge in [-0.05, 0) is 18.5 Å². The molecule has 0 bridgehead atoms. The van der Waals surface area contributed by atoms with Crippen LogP contribution in [0.3, 0.4) is 0 Å². The summed E-state index contributed by atoms with van der Waals surface area (Å²) in [7, 11) is 0. The lowest BCUT2D eigenvalue weighted by Gasteiger charge is -1.99. The zero-order valence-corrected chi connectivity index (χ0v) is 8.66. The minimum Gasteiger partial charge on any atom is -0.330 e. The molecule has 2 rings (SSSR count). The predicted octanol–water partition coefficient (Wildman–Crippen LogP) is 3.06. The van der Waals surface area contributed by atoms with Gasteiger partial charge in [0, 0.05) is 15.5 Å². The van der Waals surface area contributed by atoms with Crippen molar-refractivity contribution in [3.63, 3.8) is 0 Å². The average Bonchev–Trinajstić information content (AvgIpc) is 2.50. The summed E-state index contributed by atoms with van der Waals surface area (Å²) in [6.07, 6.45) is 0.925. The molecule has 0 saturated carbocycles. The van der Waals surface area contributed by atoms with Crippen molar-refractivity contribution in [3.8, 4) is 0 Å². The Hall–Kier alpha value is -0.570. The van der Waals surface area contributed by atoms with Gasteiger partial charge >= 0.3 is 0 Å². The van der Waals surface area contributed by atoms with Gasteiger partial charge in [0.2, 0.25) is 0 Å². The third kappa shape index (κ3) is 1.57. The molecule has 0 radical (unpaired) electrons. The van der Waals surface area contributed by atoms with Crippen molar-refractivity contribution >= 4 is 33.0 Å². The predicted molar refractivity (Wildman–Crippen MR) is 59.6 cm³/mol. The Morgan fingerprint density at radius 1 is 1.38 bits per heavy atom. The van der Waals surface area contributed by atoms with Crippen LogP contribution in [0.25, 0.3) is 10.1 Å². The number of hydrogen-bond acceptors (Lipinski definition) is 2.